The Morgan fingerprint density at radius 1 is 1.55 bits per heavy atom. The van der Waals surface area contributed by atoms with Gasteiger partial charge in [-0.25, -0.2) is 4.98 Å². The van der Waals surface area contributed by atoms with Crippen LogP contribution in [0, 0.1) is 13.8 Å². The lowest BCUT2D eigenvalue weighted by Gasteiger charge is -1.99. The van der Waals surface area contributed by atoms with Crippen molar-refractivity contribution in [3.8, 4) is 0 Å². The summed E-state index contributed by atoms with van der Waals surface area (Å²) in [4.78, 5) is 5.44. The van der Waals surface area contributed by atoms with Gasteiger partial charge in [-0.3, -0.25) is 0 Å². The zero-order valence-corrected chi connectivity index (χ0v) is 7.79. The van der Waals surface area contributed by atoms with Gasteiger partial charge in [-0.05, 0) is 13.8 Å². The summed E-state index contributed by atoms with van der Waals surface area (Å²) in [5.41, 5.74) is 0.884. The second-order valence-corrected chi connectivity index (χ2v) is 3.67. The van der Waals surface area contributed by atoms with Crippen molar-refractivity contribution in [2.45, 2.75) is 13.8 Å². The molecular formula is C8H11NOS. The van der Waals surface area contributed by atoms with E-state index in [1.54, 1.807) is 18.4 Å². The Labute approximate surface area is 70.5 Å². The van der Waals surface area contributed by atoms with E-state index >= 15 is 0 Å². The molecular weight excluding hydrogens is 158 g/mol. The molecule has 0 saturated heterocycles. The number of ether oxygens (including phenoxy) is 1. The van der Waals surface area contributed by atoms with Gasteiger partial charge in [0.15, 0.2) is 0 Å². The summed E-state index contributed by atoms with van der Waals surface area (Å²) in [5, 5.41) is 1.05. The molecule has 0 N–H and O–H groups in total. The zero-order chi connectivity index (χ0) is 8.43. The first-order valence-electron chi connectivity index (χ1n) is 3.32. The van der Waals surface area contributed by atoms with Crippen LogP contribution in [0.2, 0.25) is 0 Å². The Hall–Kier alpha value is -0.830. The summed E-state index contributed by atoms with van der Waals surface area (Å²) in [7, 11) is 1.61. The second-order valence-electron chi connectivity index (χ2n) is 2.26. The lowest BCUT2D eigenvalue weighted by atomic mass is 10.3. The largest absolute Gasteiger partial charge is 0.495 e. The van der Waals surface area contributed by atoms with Crippen LogP contribution in [0.5, 0.6) is 0 Å². The van der Waals surface area contributed by atoms with Gasteiger partial charge in [0.25, 0.3) is 0 Å². The first-order valence-corrected chi connectivity index (χ1v) is 4.14. The van der Waals surface area contributed by atoms with E-state index in [4.69, 9.17) is 4.74 Å². The maximum atomic E-state index is 4.98. The molecule has 1 aromatic heterocycles. The van der Waals surface area contributed by atoms with Crippen LogP contribution in [0.3, 0.4) is 0 Å². The predicted octanol–water partition coefficient (Wildman–Crippen LogP) is 2.38. The van der Waals surface area contributed by atoms with E-state index in [0.717, 1.165) is 15.6 Å². The molecule has 1 heterocycles. The summed E-state index contributed by atoms with van der Waals surface area (Å²) < 4.78 is 4.98. The molecule has 0 aromatic carbocycles. The van der Waals surface area contributed by atoms with Crippen molar-refractivity contribution in [3.63, 3.8) is 0 Å². The van der Waals surface area contributed by atoms with Gasteiger partial charge >= 0.3 is 0 Å². The molecule has 0 radical (unpaired) electrons. The maximum Gasteiger partial charge on any atom is 0.138 e. The topological polar surface area (TPSA) is 22.1 Å². The standard InChI is InChI=1S/C8H11NOS/c1-5(10-4)8-6(2)11-7(3)9-8/h1H2,2-4H3. The number of thiazole rings is 1. The van der Waals surface area contributed by atoms with Gasteiger partial charge in [0.05, 0.1) is 12.1 Å². The van der Waals surface area contributed by atoms with Gasteiger partial charge in [-0.15, -0.1) is 11.3 Å². The monoisotopic (exact) mass is 169 g/mol. The van der Waals surface area contributed by atoms with Crippen LogP contribution >= 0.6 is 11.3 Å². The molecule has 0 aliphatic heterocycles. The van der Waals surface area contributed by atoms with Crippen molar-refractivity contribution in [1.29, 1.82) is 0 Å². The van der Waals surface area contributed by atoms with Gasteiger partial charge in [0, 0.05) is 4.88 Å². The molecule has 0 fully saturated rings. The fourth-order valence-electron chi connectivity index (χ4n) is 0.884. The van der Waals surface area contributed by atoms with E-state index in [9.17, 15) is 0 Å². The Morgan fingerprint density at radius 2 is 2.18 bits per heavy atom. The van der Waals surface area contributed by atoms with E-state index in [1.807, 2.05) is 13.8 Å². The van der Waals surface area contributed by atoms with Gasteiger partial charge in [-0.1, -0.05) is 6.58 Å². The van der Waals surface area contributed by atoms with E-state index in [2.05, 4.69) is 11.6 Å². The van der Waals surface area contributed by atoms with Gasteiger partial charge in [0.1, 0.15) is 11.5 Å². The summed E-state index contributed by atoms with van der Waals surface area (Å²) in [5.74, 6) is 0.645. The number of nitrogens with zero attached hydrogens (tertiary/aromatic N) is 1. The maximum absolute atomic E-state index is 4.98. The Kier molecular flexibility index (Phi) is 2.29. The van der Waals surface area contributed by atoms with Crippen molar-refractivity contribution >= 4 is 17.1 Å². The Morgan fingerprint density at radius 3 is 2.55 bits per heavy atom. The minimum atomic E-state index is 0.645. The van der Waals surface area contributed by atoms with Crippen LogP contribution in [0.4, 0.5) is 0 Å². The first-order chi connectivity index (χ1) is 5.15. The molecule has 0 saturated carbocycles. The zero-order valence-electron chi connectivity index (χ0n) is 6.97. The molecule has 0 amide bonds. The summed E-state index contributed by atoms with van der Waals surface area (Å²) in [6, 6.07) is 0. The van der Waals surface area contributed by atoms with Crippen molar-refractivity contribution in [1.82, 2.24) is 4.98 Å². The normalized spacial score (nSPS) is 9.73. The van der Waals surface area contributed by atoms with Crippen LogP contribution in [-0.4, -0.2) is 12.1 Å². The van der Waals surface area contributed by atoms with Crippen molar-refractivity contribution in [3.05, 3.63) is 22.2 Å². The highest BCUT2D eigenvalue weighted by Crippen LogP contribution is 2.22. The average Bonchev–Trinajstić information content (AvgIpc) is 2.28. The van der Waals surface area contributed by atoms with Crippen LogP contribution in [0.15, 0.2) is 6.58 Å². The smallest absolute Gasteiger partial charge is 0.138 e. The summed E-state index contributed by atoms with van der Waals surface area (Å²) in [6.07, 6.45) is 0. The van der Waals surface area contributed by atoms with Gasteiger partial charge < -0.3 is 4.74 Å². The lowest BCUT2D eigenvalue weighted by molar-refractivity contribution is 0.369. The predicted molar refractivity (Wildman–Crippen MR) is 47.6 cm³/mol. The van der Waals surface area contributed by atoms with E-state index in [-0.39, 0.29) is 0 Å². The second kappa shape index (κ2) is 3.05. The third kappa shape index (κ3) is 1.60. The molecule has 0 aliphatic rings. The van der Waals surface area contributed by atoms with Gasteiger partial charge in [-0.2, -0.15) is 0 Å². The molecule has 2 nitrogen and oxygen atoms in total. The third-order valence-corrected chi connectivity index (χ3v) is 2.30. The highest BCUT2D eigenvalue weighted by atomic mass is 32.1. The van der Waals surface area contributed by atoms with E-state index in [0.29, 0.717) is 5.76 Å². The third-order valence-electron chi connectivity index (χ3n) is 1.41. The molecule has 0 aliphatic carbocycles. The SMILES string of the molecule is C=C(OC)c1nc(C)sc1C. The highest BCUT2D eigenvalue weighted by Gasteiger charge is 2.07. The van der Waals surface area contributed by atoms with Crippen molar-refractivity contribution < 1.29 is 4.74 Å². The minimum Gasteiger partial charge on any atom is -0.495 e. The number of hydrogen-bond acceptors (Lipinski definition) is 3. The lowest BCUT2D eigenvalue weighted by Crippen LogP contribution is -1.87. The minimum absolute atomic E-state index is 0.645. The van der Waals surface area contributed by atoms with Crippen LogP contribution < -0.4 is 0 Å². The van der Waals surface area contributed by atoms with Crippen molar-refractivity contribution in [2.75, 3.05) is 7.11 Å². The molecule has 0 spiro atoms. The Bertz CT molecular complexity index is 278. The Balaban J connectivity index is 3.03. The van der Waals surface area contributed by atoms with Crippen LogP contribution in [0.1, 0.15) is 15.6 Å². The molecule has 1 rings (SSSR count). The highest BCUT2D eigenvalue weighted by molar-refractivity contribution is 7.11. The van der Waals surface area contributed by atoms with E-state index in [1.165, 1.54) is 0 Å². The summed E-state index contributed by atoms with van der Waals surface area (Å²) >= 11 is 1.66. The molecule has 60 valence electrons. The fourth-order valence-corrected chi connectivity index (χ4v) is 1.72. The van der Waals surface area contributed by atoms with Crippen LogP contribution in [-0.2, 0) is 4.74 Å². The fraction of sp³-hybridized carbons (Fsp3) is 0.375. The molecule has 11 heavy (non-hydrogen) atoms. The first kappa shape index (κ1) is 8.27. The number of aromatic nitrogens is 1. The quantitative estimate of drug-likeness (QED) is 0.634. The number of rotatable bonds is 2. The number of hydrogen-bond donors (Lipinski definition) is 0. The molecule has 3 heteroatoms. The summed E-state index contributed by atoms with van der Waals surface area (Å²) in [6.45, 7) is 7.73. The molecule has 1 aromatic rings. The average molecular weight is 169 g/mol. The molecule has 0 bridgehead atoms. The van der Waals surface area contributed by atoms with E-state index < -0.39 is 0 Å². The van der Waals surface area contributed by atoms with Crippen molar-refractivity contribution in [2.24, 2.45) is 0 Å². The molecule has 0 unspecified atom stereocenters. The number of aryl methyl sites for hydroxylation is 2. The number of methoxy groups -OCH3 is 1. The van der Waals surface area contributed by atoms with Gasteiger partial charge in [0.2, 0.25) is 0 Å². The van der Waals surface area contributed by atoms with Crippen LogP contribution in [0.25, 0.3) is 5.76 Å². The molecule has 0 atom stereocenters.